The molecule has 0 N–H and O–H groups in total. The van der Waals surface area contributed by atoms with Crippen LogP contribution in [-0.4, -0.2) is 0 Å². The molecule has 270 valence electrons. The first-order valence-corrected chi connectivity index (χ1v) is 19.7. The summed E-state index contributed by atoms with van der Waals surface area (Å²) in [4.78, 5) is 0. The highest BCUT2D eigenvalue weighted by Gasteiger charge is 2.27. The number of nitrogens with zero attached hydrogens (tertiary/aromatic N) is 4. The Labute approximate surface area is 339 Å². The van der Waals surface area contributed by atoms with Crippen molar-refractivity contribution in [1.82, 2.24) is 0 Å². The van der Waals surface area contributed by atoms with Crippen LogP contribution in [0.2, 0.25) is 0 Å². The van der Waals surface area contributed by atoms with Crippen LogP contribution in [0.3, 0.4) is 0 Å². The molecule has 4 heteroatoms. The number of fused-ring (bicyclic) bond motifs is 9. The third-order valence-corrected chi connectivity index (χ3v) is 12.4. The topological polar surface area (TPSA) is 95.2 Å². The molecule has 0 aliphatic heterocycles. The van der Waals surface area contributed by atoms with Gasteiger partial charge in [-0.25, -0.2) is 0 Å². The van der Waals surface area contributed by atoms with Gasteiger partial charge in [-0.05, 0) is 194 Å². The first-order valence-electron chi connectivity index (χ1n) is 19.7. The van der Waals surface area contributed by atoms with Crippen LogP contribution in [0.25, 0.3) is 115 Å². The predicted octanol–water partition coefficient (Wildman–Crippen LogP) is 14.2. The number of rotatable bonds is 4. The molecule has 0 fully saturated rings. The van der Waals surface area contributed by atoms with Gasteiger partial charge >= 0.3 is 0 Å². The maximum atomic E-state index is 10.3. The van der Waals surface area contributed by atoms with Gasteiger partial charge in [0, 0.05) is 0 Å². The van der Waals surface area contributed by atoms with Gasteiger partial charge < -0.3 is 0 Å². The average molecular weight is 747 g/mol. The Morgan fingerprint density at radius 2 is 0.915 bits per heavy atom. The van der Waals surface area contributed by atoms with E-state index in [-0.39, 0.29) is 0 Å². The summed E-state index contributed by atoms with van der Waals surface area (Å²) in [6.07, 6.45) is 5.10. The Kier molecular flexibility index (Phi) is 7.27. The number of nitriles is 4. The minimum Gasteiger partial charge on any atom is -0.192 e. The van der Waals surface area contributed by atoms with E-state index in [9.17, 15) is 21.0 Å². The van der Waals surface area contributed by atoms with Gasteiger partial charge in [-0.2, -0.15) is 21.0 Å². The van der Waals surface area contributed by atoms with Gasteiger partial charge in [-0.1, -0.05) is 79.7 Å². The fourth-order valence-corrected chi connectivity index (χ4v) is 10.2. The lowest BCUT2D eigenvalue weighted by molar-refractivity contribution is 1.15. The quantitative estimate of drug-likeness (QED) is 0.168. The van der Waals surface area contributed by atoms with Gasteiger partial charge in [-0.3, -0.25) is 0 Å². The summed E-state index contributed by atoms with van der Waals surface area (Å²) in [6.45, 7) is 4.24. The van der Waals surface area contributed by atoms with E-state index in [1.54, 1.807) is 12.1 Å². The summed E-state index contributed by atoms with van der Waals surface area (Å²) in [5.41, 5.74) is 7.48. The van der Waals surface area contributed by atoms with Crippen LogP contribution in [0.4, 0.5) is 0 Å². The number of allylic oxidation sites excluding steroid dienone is 1. The van der Waals surface area contributed by atoms with E-state index in [1.807, 2.05) is 31.2 Å². The standard InChI is InChI=1S/C55H30N4/c1-3-9-34-23-49-53-40(38(34)4-2)12-8-15-43(53)54-50(36-18-30(26-56)16-31(19-36)27-57)47-24-44-42-14-7-13-41-39-11-6-5-10-35(39)22-46(52(41)42)45(44)25-48(47)51(55(49)54)37-20-32(28-58)17-33(21-37)29-59/h3,5-25H,4H2,1-2H3. The second-order valence-electron chi connectivity index (χ2n) is 15.4. The third kappa shape index (κ3) is 4.67. The average Bonchev–Trinajstić information content (AvgIpc) is 3.77. The molecule has 0 aliphatic carbocycles. The van der Waals surface area contributed by atoms with Gasteiger partial charge in [0.25, 0.3) is 0 Å². The zero-order chi connectivity index (χ0) is 40.1. The smallest absolute Gasteiger partial charge is 0.0992 e. The highest BCUT2D eigenvalue weighted by Crippen LogP contribution is 2.54. The molecular weight excluding hydrogens is 717 g/mol. The molecule has 11 aromatic carbocycles. The normalized spacial score (nSPS) is 11.8. The maximum Gasteiger partial charge on any atom is 0.0992 e. The first kappa shape index (κ1) is 34.0. The Balaban J connectivity index is 1.49. The molecule has 0 radical (unpaired) electrons. The van der Waals surface area contributed by atoms with Crippen LogP contribution >= 0.6 is 0 Å². The number of hydrogen-bond donors (Lipinski definition) is 0. The maximum absolute atomic E-state index is 10.3. The molecule has 4 nitrogen and oxygen atoms in total. The van der Waals surface area contributed by atoms with Crippen molar-refractivity contribution < 1.29 is 0 Å². The Morgan fingerprint density at radius 1 is 0.424 bits per heavy atom. The van der Waals surface area contributed by atoms with Gasteiger partial charge in [0.1, 0.15) is 0 Å². The highest BCUT2D eigenvalue weighted by atomic mass is 14.3. The van der Waals surface area contributed by atoms with Crippen LogP contribution < -0.4 is 0 Å². The van der Waals surface area contributed by atoms with Gasteiger partial charge in [0.2, 0.25) is 0 Å². The SMILES string of the molecule is CC=Cc1cc2c3c(-c4cc(C#N)cc(C#N)c4)c4cc5c(cc4c(-c4cc(C#N)cc(C#N)c4)c3c3cccc(c1CC)c32)c1cccc2c3ccccc3cc5c21. The lowest BCUT2D eigenvalue weighted by atomic mass is 9.84. The van der Waals surface area contributed by atoms with Crippen molar-refractivity contribution in [3.8, 4) is 46.5 Å². The molecule has 0 saturated carbocycles. The van der Waals surface area contributed by atoms with E-state index in [2.05, 4.69) is 128 Å². The van der Waals surface area contributed by atoms with E-state index < -0.39 is 0 Å². The van der Waals surface area contributed by atoms with Crippen LogP contribution in [-0.2, 0) is 6.42 Å². The van der Waals surface area contributed by atoms with E-state index in [4.69, 9.17) is 0 Å². The fraction of sp³-hybridized carbons (Fsp3) is 0.0545. The van der Waals surface area contributed by atoms with Crippen molar-refractivity contribution in [2.24, 2.45) is 0 Å². The van der Waals surface area contributed by atoms with Crippen LogP contribution in [0, 0.1) is 45.3 Å². The minimum absolute atomic E-state index is 0.409. The van der Waals surface area contributed by atoms with Gasteiger partial charge in [0.05, 0.1) is 46.5 Å². The van der Waals surface area contributed by atoms with Crippen molar-refractivity contribution in [1.29, 1.82) is 21.0 Å². The molecule has 0 unspecified atom stereocenters. The summed E-state index contributed by atoms with van der Waals surface area (Å²) in [5, 5.41) is 59.0. The molecule has 0 spiro atoms. The van der Waals surface area contributed by atoms with Crippen LogP contribution in [0.5, 0.6) is 0 Å². The van der Waals surface area contributed by atoms with Crippen molar-refractivity contribution in [2.75, 3.05) is 0 Å². The predicted molar refractivity (Wildman–Crippen MR) is 243 cm³/mol. The molecule has 0 heterocycles. The second-order valence-corrected chi connectivity index (χ2v) is 15.4. The Bertz CT molecular complexity index is 3810. The molecule has 0 bridgehead atoms. The molecule has 0 saturated heterocycles. The van der Waals surface area contributed by atoms with E-state index in [0.717, 1.165) is 98.9 Å². The zero-order valence-electron chi connectivity index (χ0n) is 32.2. The summed E-state index contributed by atoms with van der Waals surface area (Å²) in [6, 6.07) is 51.1. The zero-order valence-corrected chi connectivity index (χ0v) is 32.2. The summed E-state index contributed by atoms with van der Waals surface area (Å²) >= 11 is 0. The van der Waals surface area contributed by atoms with Crippen molar-refractivity contribution in [2.45, 2.75) is 20.3 Å². The number of benzene rings is 9. The molecule has 59 heavy (non-hydrogen) atoms. The molecule has 0 aromatic heterocycles. The minimum atomic E-state index is 0.409. The third-order valence-electron chi connectivity index (χ3n) is 12.4. The van der Waals surface area contributed by atoms with Crippen molar-refractivity contribution in [3.05, 3.63) is 161 Å². The van der Waals surface area contributed by atoms with E-state index in [1.165, 1.54) is 27.1 Å². The summed E-state index contributed by atoms with van der Waals surface area (Å²) in [5.74, 6) is 0. The monoisotopic (exact) mass is 746 g/mol. The summed E-state index contributed by atoms with van der Waals surface area (Å²) < 4.78 is 0. The summed E-state index contributed by atoms with van der Waals surface area (Å²) in [7, 11) is 0. The van der Waals surface area contributed by atoms with Crippen molar-refractivity contribution in [3.63, 3.8) is 0 Å². The van der Waals surface area contributed by atoms with Crippen LogP contribution in [0.1, 0.15) is 47.2 Å². The van der Waals surface area contributed by atoms with E-state index >= 15 is 0 Å². The molecular formula is C55H30N4. The molecule has 11 rings (SSSR count). The lowest BCUT2D eigenvalue weighted by Crippen LogP contribution is -1.93. The van der Waals surface area contributed by atoms with E-state index in [0.29, 0.717) is 22.3 Å². The Hall–Kier alpha value is -8.28. The molecule has 0 aliphatic rings. The lowest BCUT2D eigenvalue weighted by Gasteiger charge is -2.18. The first-order chi connectivity index (χ1) is 29.0. The molecule has 11 aromatic rings. The van der Waals surface area contributed by atoms with Gasteiger partial charge in [-0.15, -0.1) is 0 Å². The number of aryl methyl sites for hydroxylation is 1. The largest absolute Gasteiger partial charge is 0.192 e. The number of hydrogen-bond acceptors (Lipinski definition) is 4. The fourth-order valence-electron chi connectivity index (χ4n) is 10.2. The molecule has 0 amide bonds. The second kappa shape index (κ2) is 12.6. The highest BCUT2D eigenvalue weighted by molar-refractivity contribution is 6.43. The van der Waals surface area contributed by atoms with Crippen molar-refractivity contribution >= 4 is 92.3 Å². The van der Waals surface area contributed by atoms with Gasteiger partial charge in [0.15, 0.2) is 0 Å². The molecule has 0 atom stereocenters. The van der Waals surface area contributed by atoms with Crippen LogP contribution in [0.15, 0.2) is 127 Å². The Morgan fingerprint density at radius 3 is 1.49 bits per heavy atom.